The van der Waals surface area contributed by atoms with Crippen molar-refractivity contribution in [2.45, 2.75) is 32.6 Å². The Morgan fingerprint density at radius 2 is 1.62 bits per heavy atom. The van der Waals surface area contributed by atoms with E-state index in [4.69, 9.17) is 9.47 Å². The molecule has 0 spiro atoms. The van der Waals surface area contributed by atoms with Gasteiger partial charge < -0.3 is 9.47 Å². The van der Waals surface area contributed by atoms with Crippen LogP contribution in [0.5, 0.6) is 0 Å². The van der Waals surface area contributed by atoms with E-state index < -0.39 is 23.3 Å². The maximum absolute atomic E-state index is 12.3. The number of rotatable bonds is 5. The lowest BCUT2D eigenvalue weighted by atomic mass is 9.77. The van der Waals surface area contributed by atoms with E-state index in [1.54, 1.807) is 13.8 Å². The van der Waals surface area contributed by atoms with Crippen LogP contribution < -0.4 is 0 Å². The van der Waals surface area contributed by atoms with Crippen LogP contribution in [0.25, 0.3) is 0 Å². The Morgan fingerprint density at radius 1 is 1.08 bits per heavy atom. The first-order valence-corrected chi connectivity index (χ1v) is 8.46. The van der Waals surface area contributed by atoms with Crippen molar-refractivity contribution in [1.82, 2.24) is 0 Å². The highest BCUT2D eigenvalue weighted by atomic mass is 16.6. The van der Waals surface area contributed by atoms with Gasteiger partial charge in [0.25, 0.3) is 0 Å². The molecule has 1 aromatic rings. The summed E-state index contributed by atoms with van der Waals surface area (Å²) in [7, 11) is 0. The van der Waals surface area contributed by atoms with Crippen LogP contribution in [0.4, 0.5) is 0 Å². The summed E-state index contributed by atoms with van der Waals surface area (Å²) in [6.07, 6.45) is 0.255. The zero-order valence-electron chi connectivity index (χ0n) is 14.8. The fourth-order valence-electron chi connectivity index (χ4n) is 3.27. The van der Waals surface area contributed by atoms with Crippen LogP contribution in [-0.2, 0) is 19.1 Å². The van der Waals surface area contributed by atoms with Gasteiger partial charge in [-0.3, -0.25) is 0 Å². The maximum Gasteiger partial charge on any atom is 0.345 e. The summed E-state index contributed by atoms with van der Waals surface area (Å²) in [5.74, 6) is -1.99. The van der Waals surface area contributed by atoms with Crippen molar-refractivity contribution >= 4 is 11.9 Å². The van der Waals surface area contributed by atoms with Gasteiger partial charge >= 0.3 is 11.9 Å². The topological polar surface area (TPSA) is 100 Å². The van der Waals surface area contributed by atoms with Gasteiger partial charge in [-0.25, -0.2) is 9.59 Å². The van der Waals surface area contributed by atoms with E-state index in [0.717, 1.165) is 5.56 Å². The molecule has 0 aliphatic heterocycles. The Bertz CT molecular complexity index is 765. The number of carbonyl (C=O) groups excluding carboxylic acids is 2. The molecule has 26 heavy (non-hydrogen) atoms. The summed E-state index contributed by atoms with van der Waals surface area (Å²) in [6, 6.07) is 13.4. The second kappa shape index (κ2) is 8.31. The third-order valence-electron chi connectivity index (χ3n) is 4.45. The Balaban J connectivity index is 2.56. The van der Waals surface area contributed by atoms with Crippen molar-refractivity contribution in [2.24, 2.45) is 5.41 Å². The molecule has 1 aliphatic rings. The van der Waals surface area contributed by atoms with Crippen molar-refractivity contribution < 1.29 is 19.1 Å². The second-order valence-corrected chi connectivity index (χ2v) is 5.96. The molecule has 0 heterocycles. The van der Waals surface area contributed by atoms with Crippen LogP contribution in [0, 0.1) is 28.1 Å². The first-order chi connectivity index (χ1) is 12.5. The predicted octanol–water partition coefficient (Wildman–Crippen LogP) is 3.02. The molecule has 0 radical (unpaired) electrons. The minimum Gasteiger partial charge on any atom is -0.462 e. The smallest absolute Gasteiger partial charge is 0.345 e. The average molecular weight is 352 g/mol. The molecule has 6 nitrogen and oxygen atoms in total. The molecule has 134 valence electrons. The molecule has 1 aliphatic carbocycles. The first-order valence-electron chi connectivity index (χ1n) is 8.46. The monoisotopic (exact) mass is 352 g/mol. The minimum absolute atomic E-state index is 0.00647. The van der Waals surface area contributed by atoms with Gasteiger partial charge in [0.05, 0.1) is 25.4 Å². The van der Waals surface area contributed by atoms with Crippen LogP contribution in [-0.4, -0.2) is 25.2 Å². The normalized spacial score (nSPS) is 17.7. The molecule has 0 bridgehead atoms. The van der Waals surface area contributed by atoms with E-state index in [2.05, 4.69) is 12.1 Å². The molecule has 0 saturated heterocycles. The van der Waals surface area contributed by atoms with Crippen LogP contribution in [0.2, 0.25) is 0 Å². The lowest BCUT2D eigenvalue weighted by Gasteiger charge is -2.20. The average Bonchev–Trinajstić information content (AvgIpc) is 3.03. The lowest BCUT2D eigenvalue weighted by Crippen LogP contribution is -2.21. The lowest BCUT2D eigenvalue weighted by molar-refractivity contribution is -0.146. The molecule has 1 atom stereocenters. The summed E-state index contributed by atoms with van der Waals surface area (Å²) in [5.41, 5.74) is -0.292. The van der Waals surface area contributed by atoms with Crippen LogP contribution >= 0.6 is 0 Å². The van der Waals surface area contributed by atoms with Crippen molar-refractivity contribution in [1.29, 1.82) is 10.5 Å². The number of hydrogen-bond donors (Lipinski definition) is 0. The van der Waals surface area contributed by atoms with Gasteiger partial charge in [0.2, 0.25) is 0 Å². The van der Waals surface area contributed by atoms with Crippen molar-refractivity contribution in [3.63, 3.8) is 0 Å². The number of ether oxygens (including phenoxy) is 2. The third kappa shape index (κ3) is 3.60. The second-order valence-electron chi connectivity index (χ2n) is 5.96. The van der Waals surface area contributed by atoms with Crippen LogP contribution in [0.3, 0.4) is 0 Å². The van der Waals surface area contributed by atoms with Gasteiger partial charge in [0, 0.05) is 12.3 Å². The molecule has 0 amide bonds. The van der Waals surface area contributed by atoms with E-state index >= 15 is 0 Å². The van der Waals surface area contributed by atoms with Crippen molar-refractivity contribution in [3.05, 3.63) is 47.0 Å². The Kier molecular flexibility index (Phi) is 6.14. The van der Waals surface area contributed by atoms with E-state index in [1.165, 1.54) is 0 Å². The Morgan fingerprint density at radius 3 is 2.08 bits per heavy atom. The van der Waals surface area contributed by atoms with Crippen LogP contribution in [0.1, 0.15) is 38.2 Å². The number of nitriles is 2. The highest BCUT2D eigenvalue weighted by Crippen LogP contribution is 2.52. The first kappa shape index (κ1) is 19.2. The summed E-state index contributed by atoms with van der Waals surface area (Å²) in [4.78, 5) is 24.7. The standard InChI is InChI=1S/C20H20N2O4/c1-3-25-18(23)17(19(24)26-4-2)15-10-16(14-8-6-5-7-9-14)20(11-15,12-21)13-22/h5-9,16H,3-4,10-11H2,1-2H3. The molecule has 0 aromatic heterocycles. The Hall–Kier alpha value is -3.12. The molecule has 1 fully saturated rings. The number of benzene rings is 1. The van der Waals surface area contributed by atoms with Gasteiger partial charge in [-0.05, 0) is 31.4 Å². The fourth-order valence-corrected chi connectivity index (χ4v) is 3.27. The largest absolute Gasteiger partial charge is 0.462 e. The van der Waals surface area contributed by atoms with Gasteiger partial charge in [-0.15, -0.1) is 0 Å². The van der Waals surface area contributed by atoms with Crippen LogP contribution in [0.15, 0.2) is 41.5 Å². The van der Waals surface area contributed by atoms with Gasteiger partial charge in [0.15, 0.2) is 5.41 Å². The molecule has 1 aromatic carbocycles. The quantitative estimate of drug-likeness (QED) is 0.349. The van der Waals surface area contributed by atoms with E-state index in [-0.39, 0.29) is 31.6 Å². The highest BCUT2D eigenvalue weighted by molar-refractivity contribution is 6.14. The summed E-state index contributed by atoms with van der Waals surface area (Å²) in [5, 5.41) is 19.4. The van der Waals surface area contributed by atoms with E-state index in [9.17, 15) is 20.1 Å². The maximum atomic E-state index is 12.3. The highest BCUT2D eigenvalue weighted by Gasteiger charge is 2.49. The summed E-state index contributed by atoms with van der Waals surface area (Å²) in [6.45, 7) is 3.50. The van der Waals surface area contributed by atoms with Crippen molar-refractivity contribution in [2.75, 3.05) is 13.2 Å². The fraction of sp³-hybridized carbons (Fsp3) is 0.400. The number of hydrogen-bond acceptors (Lipinski definition) is 6. The minimum atomic E-state index is -1.35. The molecular formula is C20H20N2O4. The number of nitrogens with zero attached hydrogens (tertiary/aromatic N) is 2. The van der Waals surface area contributed by atoms with Gasteiger partial charge in [-0.2, -0.15) is 10.5 Å². The molecule has 0 N–H and O–H groups in total. The summed E-state index contributed by atoms with van der Waals surface area (Å²) < 4.78 is 9.99. The zero-order chi connectivity index (χ0) is 19.2. The predicted molar refractivity (Wildman–Crippen MR) is 92.4 cm³/mol. The van der Waals surface area contributed by atoms with Gasteiger partial charge in [0.1, 0.15) is 5.57 Å². The van der Waals surface area contributed by atoms with Crippen molar-refractivity contribution in [3.8, 4) is 12.1 Å². The van der Waals surface area contributed by atoms with Gasteiger partial charge in [-0.1, -0.05) is 30.3 Å². The molecular weight excluding hydrogens is 332 g/mol. The number of allylic oxidation sites excluding steroid dienone is 1. The molecule has 6 heteroatoms. The Labute approximate surface area is 152 Å². The SMILES string of the molecule is CCOC(=O)C(C(=O)OCC)=C1CC(c2ccccc2)C(C#N)(C#N)C1. The molecule has 1 unspecified atom stereocenters. The molecule has 1 saturated carbocycles. The number of carbonyl (C=O) groups is 2. The zero-order valence-corrected chi connectivity index (χ0v) is 14.8. The summed E-state index contributed by atoms with van der Waals surface area (Å²) >= 11 is 0. The molecule has 2 rings (SSSR count). The third-order valence-corrected chi connectivity index (χ3v) is 4.45. The van der Waals surface area contributed by atoms with E-state index in [1.807, 2.05) is 30.3 Å². The number of esters is 2. The van der Waals surface area contributed by atoms with E-state index in [0.29, 0.717) is 5.57 Å².